The van der Waals surface area contributed by atoms with Crippen LogP contribution in [0, 0.1) is 0 Å². The minimum Gasteiger partial charge on any atom is -0.479 e. The summed E-state index contributed by atoms with van der Waals surface area (Å²) in [6, 6.07) is 5.74. The van der Waals surface area contributed by atoms with Crippen LogP contribution in [-0.4, -0.2) is 65.5 Å². The molecule has 1 atom stereocenters. The van der Waals surface area contributed by atoms with Gasteiger partial charge >= 0.3 is 0 Å². The Morgan fingerprint density at radius 1 is 1.25 bits per heavy atom. The number of ether oxygens (including phenoxy) is 2. The lowest BCUT2D eigenvalue weighted by atomic mass is 9.91. The highest BCUT2D eigenvalue weighted by Gasteiger charge is 2.34. The summed E-state index contributed by atoms with van der Waals surface area (Å²) >= 11 is 0. The van der Waals surface area contributed by atoms with Crippen molar-refractivity contribution in [1.82, 2.24) is 19.9 Å². The summed E-state index contributed by atoms with van der Waals surface area (Å²) in [6.07, 6.45) is 3.13. The van der Waals surface area contributed by atoms with E-state index in [0.717, 1.165) is 22.4 Å². The zero-order valence-electron chi connectivity index (χ0n) is 18.2. The van der Waals surface area contributed by atoms with Gasteiger partial charge in [-0.25, -0.2) is 9.97 Å². The van der Waals surface area contributed by atoms with Gasteiger partial charge in [-0.1, -0.05) is 6.07 Å². The molecule has 4 heterocycles. The molecular formula is C23H23N5O4. The fraction of sp³-hybridized carbons (Fsp3) is 0.348. The lowest BCUT2D eigenvalue weighted by molar-refractivity contribution is -0.136. The summed E-state index contributed by atoms with van der Waals surface area (Å²) in [7, 11) is 3.32. The fourth-order valence-corrected chi connectivity index (χ4v) is 4.48. The summed E-state index contributed by atoms with van der Waals surface area (Å²) in [4.78, 5) is 41.5. The Bertz CT molecular complexity index is 1240. The van der Waals surface area contributed by atoms with Crippen molar-refractivity contribution >= 4 is 28.5 Å². The maximum atomic E-state index is 12.5. The first-order valence-electron chi connectivity index (χ1n) is 10.4. The minimum atomic E-state index is -0.373. The fourth-order valence-electron chi connectivity index (χ4n) is 4.48. The number of likely N-dealkylation sites (N-methyl/N-ethyl adjacent to an activating group) is 1. The van der Waals surface area contributed by atoms with Crippen LogP contribution in [0.4, 0.5) is 5.69 Å². The molecule has 9 heteroatoms. The lowest BCUT2D eigenvalue weighted by Gasteiger charge is -2.34. The maximum Gasteiger partial charge on any atom is 0.242 e. The number of nitrogens with zero attached hydrogens (tertiary/aromatic N) is 5. The quantitative estimate of drug-likeness (QED) is 0.624. The van der Waals surface area contributed by atoms with E-state index < -0.39 is 0 Å². The molecule has 2 aromatic heterocycles. The number of fused-ring (bicyclic) bond motifs is 2. The molecule has 164 valence electrons. The van der Waals surface area contributed by atoms with Crippen LogP contribution in [0.1, 0.15) is 24.2 Å². The molecule has 2 amide bonds. The third-order valence-corrected chi connectivity index (χ3v) is 6.12. The smallest absolute Gasteiger partial charge is 0.242 e. The van der Waals surface area contributed by atoms with Crippen molar-refractivity contribution < 1.29 is 19.1 Å². The van der Waals surface area contributed by atoms with E-state index in [1.165, 1.54) is 0 Å². The molecule has 3 aromatic rings. The van der Waals surface area contributed by atoms with Crippen molar-refractivity contribution in [2.45, 2.75) is 19.4 Å². The van der Waals surface area contributed by atoms with Gasteiger partial charge in [0.15, 0.2) is 5.52 Å². The standard InChI is InChI=1S/C23H23N5O4/c1-13(29)28-8-9-32-19(12-28)21-14(4-5-18-15(21)10-20(30)27(18)2)16-11-17-22(23(26-16)31-3)25-7-6-24-17/h4-7,11,19H,8-10,12H2,1-3H3. The van der Waals surface area contributed by atoms with Gasteiger partial charge in [-0.15, -0.1) is 0 Å². The van der Waals surface area contributed by atoms with Gasteiger partial charge in [0.2, 0.25) is 17.7 Å². The molecule has 0 bridgehead atoms. The highest BCUT2D eigenvalue weighted by Crippen LogP contribution is 2.42. The molecule has 32 heavy (non-hydrogen) atoms. The molecule has 1 saturated heterocycles. The Labute approximate surface area is 185 Å². The third kappa shape index (κ3) is 3.25. The predicted molar refractivity (Wildman–Crippen MR) is 117 cm³/mol. The number of carbonyl (C=O) groups excluding carboxylic acids is 2. The van der Waals surface area contributed by atoms with Crippen molar-refractivity contribution in [3.63, 3.8) is 0 Å². The number of methoxy groups -OCH3 is 1. The van der Waals surface area contributed by atoms with Crippen LogP contribution in [0.5, 0.6) is 5.88 Å². The molecule has 0 aliphatic carbocycles. The van der Waals surface area contributed by atoms with Crippen LogP contribution in [0.3, 0.4) is 0 Å². The molecule has 0 spiro atoms. The second-order valence-electron chi connectivity index (χ2n) is 7.92. The highest BCUT2D eigenvalue weighted by atomic mass is 16.5. The van der Waals surface area contributed by atoms with Crippen LogP contribution in [0.25, 0.3) is 22.3 Å². The van der Waals surface area contributed by atoms with E-state index >= 15 is 0 Å². The number of morpholine rings is 1. The van der Waals surface area contributed by atoms with E-state index in [1.54, 1.807) is 43.3 Å². The van der Waals surface area contributed by atoms with Crippen molar-refractivity contribution in [1.29, 1.82) is 0 Å². The average molecular weight is 433 g/mol. The Balaban J connectivity index is 1.72. The molecule has 1 unspecified atom stereocenters. The molecule has 9 nitrogen and oxygen atoms in total. The molecule has 0 N–H and O–H groups in total. The number of carbonyl (C=O) groups is 2. The number of amides is 2. The summed E-state index contributed by atoms with van der Waals surface area (Å²) < 4.78 is 11.6. The molecule has 2 aliphatic rings. The largest absolute Gasteiger partial charge is 0.479 e. The summed E-state index contributed by atoms with van der Waals surface area (Å²) in [5.41, 5.74) is 5.35. The van der Waals surface area contributed by atoms with Gasteiger partial charge < -0.3 is 19.3 Å². The highest BCUT2D eigenvalue weighted by molar-refractivity contribution is 6.02. The van der Waals surface area contributed by atoms with Crippen LogP contribution in [-0.2, 0) is 20.7 Å². The van der Waals surface area contributed by atoms with Crippen LogP contribution >= 0.6 is 0 Å². The van der Waals surface area contributed by atoms with Crippen molar-refractivity contribution in [3.8, 4) is 17.1 Å². The summed E-state index contributed by atoms with van der Waals surface area (Å²) in [5, 5.41) is 0. The molecule has 1 aromatic carbocycles. The van der Waals surface area contributed by atoms with E-state index in [-0.39, 0.29) is 24.3 Å². The van der Waals surface area contributed by atoms with Gasteiger partial charge in [0.05, 0.1) is 37.9 Å². The minimum absolute atomic E-state index is 0.00129. The van der Waals surface area contributed by atoms with Gasteiger partial charge in [0.1, 0.15) is 6.10 Å². The topological polar surface area (TPSA) is 97.7 Å². The first-order chi connectivity index (χ1) is 15.5. The van der Waals surface area contributed by atoms with E-state index in [9.17, 15) is 9.59 Å². The first kappa shape index (κ1) is 20.3. The second kappa shape index (κ2) is 7.83. The normalized spacial score (nSPS) is 18.2. The zero-order chi connectivity index (χ0) is 22.4. The van der Waals surface area contributed by atoms with Gasteiger partial charge in [-0.2, -0.15) is 0 Å². The van der Waals surface area contributed by atoms with Crippen molar-refractivity contribution in [2.75, 3.05) is 38.8 Å². The summed E-state index contributed by atoms with van der Waals surface area (Å²) in [6.45, 7) is 2.95. The van der Waals surface area contributed by atoms with E-state index in [1.807, 2.05) is 18.2 Å². The number of aromatic nitrogens is 3. The monoisotopic (exact) mass is 433 g/mol. The van der Waals surface area contributed by atoms with Crippen LogP contribution < -0.4 is 9.64 Å². The molecule has 2 aliphatic heterocycles. The van der Waals surface area contributed by atoms with E-state index in [4.69, 9.17) is 14.5 Å². The van der Waals surface area contributed by atoms with Gasteiger partial charge in [-0.3, -0.25) is 14.6 Å². The Hall–Kier alpha value is -3.59. The van der Waals surface area contributed by atoms with Gasteiger partial charge in [0, 0.05) is 44.2 Å². The van der Waals surface area contributed by atoms with Crippen LogP contribution in [0.15, 0.2) is 30.6 Å². The Morgan fingerprint density at radius 2 is 2.06 bits per heavy atom. The van der Waals surface area contributed by atoms with E-state index in [0.29, 0.717) is 42.3 Å². The van der Waals surface area contributed by atoms with E-state index in [2.05, 4.69) is 9.97 Å². The Morgan fingerprint density at radius 3 is 2.84 bits per heavy atom. The SMILES string of the molecule is COc1nc(-c2ccc3c(c2C2CN(C(C)=O)CCO2)CC(=O)N3C)cc2nccnc12. The van der Waals surface area contributed by atoms with Crippen molar-refractivity contribution in [2.24, 2.45) is 0 Å². The molecular weight excluding hydrogens is 410 g/mol. The molecule has 0 radical (unpaired) electrons. The van der Waals surface area contributed by atoms with Crippen molar-refractivity contribution in [3.05, 3.63) is 41.7 Å². The molecule has 0 saturated carbocycles. The lowest BCUT2D eigenvalue weighted by Crippen LogP contribution is -2.41. The number of benzene rings is 1. The number of hydrogen-bond acceptors (Lipinski definition) is 7. The Kier molecular flexibility index (Phi) is 4.97. The van der Waals surface area contributed by atoms with Crippen LogP contribution in [0.2, 0.25) is 0 Å². The predicted octanol–water partition coefficient (Wildman–Crippen LogP) is 2.14. The summed E-state index contributed by atoms with van der Waals surface area (Å²) in [5.74, 6) is 0.397. The van der Waals surface area contributed by atoms with Gasteiger partial charge in [-0.05, 0) is 23.3 Å². The third-order valence-electron chi connectivity index (χ3n) is 6.12. The second-order valence-corrected chi connectivity index (χ2v) is 7.92. The number of pyridine rings is 1. The molecule has 5 rings (SSSR count). The zero-order valence-corrected chi connectivity index (χ0v) is 18.2. The first-order valence-corrected chi connectivity index (χ1v) is 10.4. The number of anilines is 1. The van der Waals surface area contributed by atoms with Gasteiger partial charge in [0.25, 0.3) is 0 Å². The number of rotatable bonds is 3. The molecule has 1 fully saturated rings. The average Bonchev–Trinajstić information content (AvgIpc) is 3.11. The number of hydrogen-bond donors (Lipinski definition) is 0. The maximum absolute atomic E-state index is 12.5.